The van der Waals surface area contributed by atoms with Gasteiger partial charge < -0.3 is 25.2 Å². The monoisotopic (exact) mass is 316 g/mol. The fraction of sp³-hybridized carbons (Fsp3) is 0.235. The Labute approximate surface area is 132 Å². The molecule has 0 radical (unpaired) electrons. The van der Waals surface area contributed by atoms with Crippen LogP contribution < -0.4 is 4.74 Å². The van der Waals surface area contributed by atoms with Gasteiger partial charge in [0.1, 0.15) is 28.9 Å². The second-order valence-corrected chi connectivity index (χ2v) is 5.63. The molecule has 1 aliphatic rings. The Bertz CT molecular complexity index is 825. The number of ether oxygens (including phenoxy) is 1. The van der Waals surface area contributed by atoms with Crippen LogP contribution in [-0.2, 0) is 0 Å². The fourth-order valence-corrected chi connectivity index (χ4v) is 2.77. The number of hydrogen-bond donors (Lipinski definition) is 4. The molecular weight excluding hydrogens is 300 g/mol. The van der Waals surface area contributed by atoms with Crippen molar-refractivity contribution in [3.05, 3.63) is 40.5 Å². The maximum absolute atomic E-state index is 12.4. The molecule has 1 atom stereocenters. The van der Waals surface area contributed by atoms with Crippen LogP contribution in [0.15, 0.2) is 18.2 Å². The number of carbonyl (C=O) groups excluding carboxylic acids is 1. The minimum absolute atomic E-state index is 0.0194. The average Bonchev–Trinajstić information content (AvgIpc) is 2.52. The zero-order valence-corrected chi connectivity index (χ0v) is 12.6. The van der Waals surface area contributed by atoms with E-state index in [0.717, 1.165) is 0 Å². The highest BCUT2D eigenvalue weighted by Crippen LogP contribution is 2.47. The van der Waals surface area contributed by atoms with Gasteiger partial charge in [-0.15, -0.1) is 0 Å². The van der Waals surface area contributed by atoms with E-state index in [0.29, 0.717) is 11.1 Å². The van der Waals surface area contributed by atoms with Gasteiger partial charge in [-0.1, -0.05) is 6.07 Å². The molecule has 120 valence electrons. The predicted octanol–water partition coefficient (Wildman–Crippen LogP) is 2.83. The molecule has 1 aliphatic heterocycles. The molecule has 4 N–H and O–H groups in total. The van der Waals surface area contributed by atoms with Gasteiger partial charge in [-0.05, 0) is 31.5 Å². The molecule has 6 nitrogen and oxygen atoms in total. The first-order chi connectivity index (χ1) is 10.8. The lowest BCUT2D eigenvalue weighted by molar-refractivity contribution is 0.0842. The van der Waals surface area contributed by atoms with Gasteiger partial charge >= 0.3 is 0 Å². The Kier molecular flexibility index (Phi) is 3.32. The van der Waals surface area contributed by atoms with Crippen LogP contribution in [0.3, 0.4) is 0 Å². The number of carbonyl (C=O) groups is 1. The lowest BCUT2D eigenvalue weighted by Gasteiger charge is -2.28. The number of hydrogen-bond acceptors (Lipinski definition) is 6. The average molecular weight is 316 g/mol. The summed E-state index contributed by atoms with van der Waals surface area (Å²) in [5.41, 5.74) is 1.19. The van der Waals surface area contributed by atoms with Crippen molar-refractivity contribution in [1.82, 2.24) is 0 Å². The van der Waals surface area contributed by atoms with Crippen molar-refractivity contribution in [2.24, 2.45) is 0 Å². The van der Waals surface area contributed by atoms with Crippen LogP contribution in [0.25, 0.3) is 0 Å². The van der Waals surface area contributed by atoms with Crippen molar-refractivity contribution in [3.63, 3.8) is 0 Å². The van der Waals surface area contributed by atoms with Crippen LogP contribution in [0.2, 0.25) is 0 Å². The molecule has 1 heterocycles. The molecule has 2 aromatic rings. The molecule has 0 unspecified atom stereocenters. The SMILES string of the molecule is Cc1c(O)c(C)c2c(c1O)C(=O)C[C@@H](c1ccc(O)c(O)c1)O2. The lowest BCUT2D eigenvalue weighted by Crippen LogP contribution is -2.21. The zero-order chi connectivity index (χ0) is 16.9. The number of fused-ring (bicyclic) bond motifs is 1. The quantitative estimate of drug-likeness (QED) is 0.603. The molecule has 0 saturated heterocycles. The number of Topliss-reactive ketones (excluding diaryl/α,β-unsaturated/α-hetero) is 1. The third-order valence-electron chi connectivity index (χ3n) is 4.15. The van der Waals surface area contributed by atoms with Gasteiger partial charge in [0, 0.05) is 11.1 Å². The second-order valence-electron chi connectivity index (χ2n) is 5.63. The number of phenols is 4. The Morgan fingerprint density at radius 2 is 1.70 bits per heavy atom. The molecule has 0 aromatic heterocycles. The summed E-state index contributed by atoms with van der Waals surface area (Å²) in [6.07, 6.45) is -0.698. The third kappa shape index (κ3) is 2.23. The minimum atomic E-state index is -0.679. The lowest BCUT2D eigenvalue weighted by atomic mass is 9.91. The van der Waals surface area contributed by atoms with Crippen molar-refractivity contribution < 1.29 is 30.0 Å². The smallest absolute Gasteiger partial charge is 0.174 e. The van der Waals surface area contributed by atoms with Gasteiger partial charge in [-0.2, -0.15) is 0 Å². The molecule has 0 aliphatic carbocycles. The van der Waals surface area contributed by atoms with Crippen LogP contribution in [0.4, 0.5) is 0 Å². The van der Waals surface area contributed by atoms with Crippen LogP contribution in [0.1, 0.15) is 39.6 Å². The molecule has 3 rings (SSSR count). The van der Waals surface area contributed by atoms with E-state index in [2.05, 4.69) is 0 Å². The number of rotatable bonds is 1. The Hall–Kier alpha value is -2.89. The maximum atomic E-state index is 12.4. The highest BCUT2D eigenvalue weighted by Gasteiger charge is 2.34. The van der Waals surface area contributed by atoms with E-state index in [9.17, 15) is 25.2 Å². The van der Waals surface area contributed by atoms with Gasteiger partial charge in [0.15, 0.2) is 17.3 Å². The Morgan fingerprint density at radius 1 is 1.00 bits per heavy atom. The van der Waals surface area contributed by atoms with E-state index in [-0.39, 0.29) is 52.1 Å². The van der Waals surface area contributed by atoms with Crippen molar-refractivity contribution >= 4 is 5.78 Å². The highest BCUT2D eigenvalue weighted by atomic mass is 16.5. The third-order valence-corrected chi connectivity index (χ3v) is 4.15. The van der Waals surface area contributed by atoms with Gasteiger partial charge in [-0.25, -0.2) is 0 Å². The summed E-state index contributed by atoms with van der Waals surface area (Å²) in [5, 5.41) is 39.1. The predicted molar refractivity (Wildman–Crippen MR) is 81.3 cm³/mol. The summed E-state index contributed by atoms with van der Waals surface area (Å²) in [5.74, 6) is -1.15. The molecule has 0 saturated carbocycles. The largest absolute Gasteiger partial charge is 0.507 e. The van der Waals surface area contributed by atoms with Crippen molar-refractivity contribution in [3.8, 4) is 28.7 Å². The first kappa shape index (κ1) is 15.0. The highest BCUT2D eigenvalue weighted by molar-refractivity contribution is 6.03. The zero-order valence-electron chi connectivity index (χ0n) is 12.6. The Morgan fingerprint density at radius 3 is 2.35 bits per heavy atom. The topological polar surface area (TPSA) is 107 Å². The van der Waals surface area contributed by atoms with Crippen LogP contribution >= 0.6 is 0 Å². The molecule has 0 fully saturated rings. The standard InChI is InChI=1S/C17H16O6/c1-7-15(21)8(2)17-14(16(7)22)12(20)6-13(23-17)9-3-4-10(18)11(19)5-9/h3-5,13,18-19,21-22H,6H2,1-2H3/t13-/m0/s1. The van der Waals surface area contributed by atoms with E-state index >= 15 is 0 Å². The molecule has 0 amide bonds. The molecule has 6 heteroatoms. The van der Waals surface area contributed by atoms with Gasteiger partial charge in [0.25, 0.3) is 0 Å². The molecular formula is C17H16O6. The summed E-state index contributed by atoms with van der Waals surface area (Å²) in [7, 11) is 0. The van der Waals surface area contributed by atoms with Gasteiger partial charge in [0.05, 0.1) is 6.42 Å². The first-order valence-corrected chi connectivity index (χ1v) is 7.08. The summed E-state index contributed by atoms with van der Waals surface area (Å²) in [6.45, 7) is 3.12. The molecule has 2 aromatic carbocycles. The van der Waals surface area contributed by atoms with Crippen molar-refractivity contribution in [2.75, 3.05) is 0 Å². The summed E-state index contributed by atoms with van der Waals surface area (Å²) in [6, 6.07) is 4.17. The van der Waals surface area contributed by atoms with E-state index in [4.69, 9.17) is 4.74 Å². The van der Waals surface area contributed by atoms with Gasteiger partial charge in [0.2, 0.25) is 0 Å². The number of ketones is 1. The second kappa shape index (κ2) is 5.08. The normalized spacial score (nSPS) is 16.8. The van der Waals surface area contributed by atoms with Crippen LogP contribution in [-0.4, -0.2) is 26.2 Å². The van der Waals surface area contributed by atoms with E-state index in [1.165, 1.54) is 19.1 Å². The van der Waals surface area contributed by atoms with Gasteiger partial charge in [-0.3, -0.25) is 4.79 Å². The fourth-order valence-electron chi connectivity index (χ4n) is 2.77. The van der Waals surface area contributed by atoms with Crippen LogP contribution in [0, 0.1) is 13.8 Å². The summed E-state index contributed by atoms with van der Waals surface area (Å²) >= 11 is 0. The van der Waals surface area contributed by atoms with Crippen molar-refractivity contribution in [2.45, 2.75) is 26.4 Å². The number of phenolic OH excluding ortho intramolecular Hbond substituents is 4. The summed E-state index contributed by atoms with van der Waals surface area (Å²) < 4.78 is 5.80. The van der Waals surface area contributed by atoms with Crippen molar-refractivity contribution in [1.29, 1.82) is 0 Å². The number of aromatic hydroxyl groups is 4. The maximum Gasteiger partial charge on any atom is 0.174 e. The molecule has 0 bridgehead atoms. The minimum Gasteiger partial charge on any atom is -0.507 e. The number of benzene rings is 2. The molecule has 23 heavy (non-hydrogen) atoms. The van der Waals surface area contributed by atoms with E-state index in [1.54, 1.807) is 13.0 Å². The van der Waals surface area contributed by atoms with Crippen LogP contribution in [0.5, 0.6) is 28.7 Å². The van der Waals surface area contributed by atoms with E-state index < -0.39 is 6.10 Å². The van der Waals surface area contributed by atoms with E-state index in [1.807, 2.05) is 0 Å². The first-order valence-electron chi connectivity index (χ1n) is 7.08. The summed E-state index contributed by atoms with van der Waals surface area (Å²) in [4.78, 5) is 12.4. The molecule has 0 spiro atoms. The Balaban J connectivity index is 2.10.